The van der Waals surface area contributed by atoms with E-state index in [-0.39, 0.29) is 11.6 Å². The number of para-hydroxylation sites is 1. The summed E-state index contributed by atoms with van der Waals surface area (Å²) in [6.07, 6.45) is 0. The third kappa shape index (κ3) is 1.75. The molecular formula is C15H12N2O3. The van der Waals surface area contributed by atoms with Gasteiger partial charge in [-0.25, -0.2) is 0 Å². The van der Waals surface area contributed by atoms with Crippen LogP contribution in [0.4, 0.5) is 5.69 Å². The molecular weight excluding hydrogens is 256 g/mol. The van der Waals surface area contributed by atoms with Crippen molar-refractivity contribution in [2.45, 2.75) is 6.54 Å². The SMILES string of the molecule is CN1Cc2c(cccc2-c2ccccc2[N+](=O)[O-])C1=O. The Bertz CT molecular complexity index is 725. The molecule has 2 aromatic rings. The van der Waals surface area contributed by atoms with Crippen LogP contribution in [-0.4, -0.2) is 22.8 Å². The maximum atomic E-state index is 12.0. The van der Waals surface area contributed by atoms with Crippen LogP contribution in [0, 0.1) is 10.1 Å². The van der Waals surface area contributed by atoms with Crippen LogP contribution in [0.15, 0.2) is 42.5 Å². The number of amides is 1. The van der Waals surface area contributed by atoms with Crippen molar-refractivity contribution in [3.8, 4) is 11.1 Å². The van der Waals surface area contributed by atoms with Crippen LogP contribution in [0.5, 0.6) is 0 Å². The summed E-state index contributed by atoms with van der Waals surface area (Å²) in [5.74, 6) is -0.0413. The van der Waals surface area contributed by atoms with Crippen LogP contribution in [-0.2, 0) is 6.54 Å². The van der Waals surface area contributed by atoms with Crippen molar-refractivity contribution in [2.24, 2.45) is 0 Å². The Morgan fingerprint density at radius 2 is 1.70 bits per heavy atom. The molecule has 3 rings (SSSR count). The summed E-state index contributed by atoms with van der Waals surface area (Å²) in [6, 6.07) is 12.0. The number of fused-ring (bicyclic) bond motifs is 1. The summed E-state index contributed by atoms with van der Waals surface area (Å²) in [5.41, 5.74) is 2.85. The van der Waals surface area contributed by atoms with Crippen molar-refractivity contribution >= 4 is 11.6 Å². The zero-order valence-corrected chi connectivity index (χ0v) is 10.9. The first-order chi connectivity index (χ1) is 9.59. The number of carbonyl (C=O) groups excluding carboxylic acids is 1. The van der Waals surface area contributed by atoms with Crippen molar-refractivity contribution in [3.05, 3.63) is 63.7 Å². The summed E-state index contributed by atoms with van der Waals surface area (Å²) in [6.45, 7) is 0.483. The molecule has 5 nitrogen and oxygen atoms in total. The van der Waals surface area contributed by atoms with E-state index in [0.29, 0.717) is 17.7 Å². The monoisotopic (exact) mass is 268 g/mol. The highest BCUT2D eigenvalue weighted by molar-refractivity contribution is 6.00. The maximum Gasteiger partial charge on any atom is 0.277 e. The van der Waals surface area contributed by atoms with Gasteiger partial charge in [-0.2, -0.15) is 0 Å². The summed E-state index contributed by atoms with van der Waals surface area (Å²) < 4.78 is 0. The van der Waals surface area contributed by atoms with Crippen LogP contribution in [0.2, 0.25) is 0 Å². The van der Waals surface area contributed by atoms with Crippen LogP contribution >= 0.6 is 0 Å². The van der Waals surface area contributed by atoms with Crippen LogP contribution < -0.4 is 0 Å². The topological polar surface area (TPSA) is 63.4 Å². The first-order valence-corrected chi connectivity index (χ1v) is 6.20. The lowest BCUT2D eigenvalue weighted by Crippen LogP contribution is -2.17. The largest absolute Gasteiger partial charge is 0.337 e. The van der Waals surface area contributed by atoms with Crippen molar-refractivity contribution in [2.75, 3.05) is 7.05 Å². The number of hydrogen-bond acceptors (Lipinski definition) is 3. The van der Waals surface area contributed by atoms with Gasteiger partial charge in [0.15, 0.2) is 0 Å². The van der Waals surface area contributed by atoms with E-state index in [0.717, 1.165) is 11.1 Å². The van der Waals surface area contributed by atoms with E-state index in [1.54, 1.807) is 42.3 Å². The highest BCUT2D eigenvalue weighted by Crippen LogP contribution is 2.36. The summed E-state index contributed by atoms with van der Waals surface area (Å²) in [4.78, 5) is 24.4. The molecule has 0 radical (unpaired) electrons. The Labute approximate surface area is 115 Å². The third-order valence-electron chi connectivity index (χ3n) is 3.54. The van der Waals surface area contributed by atoms with E-state index >= 15 is 0 Å². The highest BCUT2D eigenvalue weighted by Gasteiger charge is 2.28. The normalized spacial score (nSPS) is 13.4. The summed E-state index contributed by atoms with van der Waals surface area (Å²) in [7, 11) is 1.73. The van der Waals surface area contributed by atoms with Gasteiger partial charge in [-0.3, -0.25) is 14.9 Å². The highest BCUT2D eigenvalue weighted by atomic mass is 16.6. The van der Waals surface area contributed by atoms with Gasteiger partial charge in [-0.1, -0.05) is 24.3 Å². The van der Waals surface area contributed by atoms with E-state index in [2.05, 4.69) is 0 Å². The lowest BCUT2D eigenvalue weighted by molar-refractivity contribution is -0.384. The molecule has 5 heteroatoms. The molecule has 0 spiro atoms. The van der Waals surface area contributed by atoms with Crippen LogP contribution in [0.3, 0.4) is 0 Å². The zero-order valence-electron chi connectivity index (χ0n) is 10.9. The van der Waals surface area contributed by atoms with Crippen molar-refractivity contribution < 1.29 is 9.72 Å². The van der Waals surface area contributed by atoms with Gasteiger partial charge in [0.1, 0.15) is 0 Å². The Hall–Kier alpha value is -2.69. The number of rotatable bonds is 2. The molecule has 0 atom stereocenters. The van der Waals surface area contributed by atoms with Crippen molar-refractivity contribution in [1.82, 2.24) is 4.90 Å². The number of benzene rings is 2. The van der Waals surface area contributed by atoms with Crippen molar-refractivity contribution in [3.63, 3.8) is 0 Å². The molecule has 0 fully saturated rings. The maximum absolute atomic E-state index is 12.0. The molecule has 0 aliphatic carbocycles. The van der Waals surface area contributed by atoms with E-state index in [1.165, 1.54) is 6.07 Å². The molecule has 1 amide bonds. The first-order valence-electron chi connectivity index (χ1n) is 6.20. The number of nitro groups is 1. The van der Waals surface area contributed by atoms with E-state index in [9.17, 15) is 14.9 Å². The van der Waals surface area contributed by atoms with Gasteiger partial charge in [0.05, 0.1) is 10.5 Å². The van der Waals surface area contributed by atoms with Gasteiger partial charge in [-0.05, 0) is 23.3 Å². The number of nitrogens with zero attached hydrogens (tertiary/aromatic N) is 2. The Kier molecular flexibility index (Phi) is 2.75. The minimum absolute atomic E-state index is 0.0413. The molecule has 1 aliphatic heterocycles. The predicted octanol–water partition coefficient (Wildman–Crippen LogP) is 2.85. The zero-order chi connectivity index (χ0) is 14.3. The number of hydrogen-bond donors (Lipinski definition) is 0. The van der Waals surface area contributed by atoms with Gasteiger partial charge in [-0.15, -0.1) is 0 Å². The van der Waals surface area contributed by atoms with E-state index < -0.39 is 4.92 Å². The van der Waals surface area contributed by atoms with Gasteiger partial charge in [0.2, 0.25) is 0 Å². The molecule has 20 heavy (non-hydrogen) atoms. The molecule has 0 saturated carbocycles. The third-order valence-corrected chi connectivity index (χ3v) is 3.54. The molecule has 0 aromatic heterocycles. The standard InChI is InChI=1S/C15H12N2O3/c1-16-9-13-10(6-4-7-12(13)15(16)18)11-5-2-3-8-14(11)17(19)20/h2-8H,9H2,1H3. The quantitative estimate of drug-likeness (QED) is 0.621. The fourth-order valence-electron chi connectivity index (χ4n) is 2.59. The molecule has 0 bridgehead atoms. The van der Waals surface area contributed by atoms with Gasteiger partial charge >= 0.3 is 0 Å². The Morgan fingerprint density at radius 3 is 2.45 bits per heavy atom. The second-order valence-electron chi connectivity index (χ2n) is 4.77. The first kappa shape index (κ1) is 12.3. The van der Waals surface area contributed by atoms with Crippen LogP contribution in [0.25, 0.3) is 11.1 Å². The fourth-order valence-corrected chi connectivity index (χ4v) is 2.59. The number of carbonyl (C=O) groups is 1. The minimum Gasteiger partial charge on any atom is -0.337 e. The summed E-state index contributed by atoms with van der Waals surface area (Å²) in [5, 5.41) is 11.2. The lowest BCUT2D eigenvalue weighted by atomic mass is 9.96. The van der Waals surface area contributed by atoms with Gasteiger partial charge in [0, 0.05) is 25.2 Å². The average molecular weight is 268 g/mol. The van der Waals surface area contributed by atoms with E-state index in [1.807, 2.05) is 6.07 Å². The second-order valence-corrected chi connectivity index (χ2v) is 4.77. The number of nitro benzene ring substituents is 1. The molecule has 1 aliphatic rings. The summed E-state index contributed by atoms with van der Waals surface area (Å²) >= 11 is 0. The molecule has 0 N–H and O–H groups in total. The van der Waals surface area contributed by atoms with E-state index in [4.69, 9.17) is 0 Å². The minimum atomic E-state index is -0.394. The van der Waals surface area contributed by atoms with Gasteiger partial charge in [0.25, 0.3) is 11.6 Å². The molecule has 2 aromatic carbocycles. The molecule has 0 saturated heterocycles. The van der Waals surface area contributed by atoms with Gasteiger partial charge < -0.3 is 4.90 Å². The lowest BCUT2D eigenvalue weighted by Gasteiger charge is -2.08. The smallest absolute Gasteiger partial charge is 0.277 e. The average Bonchev–Trinajstić information content (AvgIpc) is 2.74. The Morgan fingerprint density at radius 1 is 1.05 bits per heavy atom. The Balaban J connectivity index is 2.24. The molecule has 1 heterocycles. The molecule has 0 unspecified atom stereocenters. The molecule has 100 valence electrons. The van der Waals surface area contributed by atoms with Crippen molar-refractivity contribution in [1.29, 1.82) is 0 Å². The fraction of sp³-hybridized carbons (Fsp3) is 0.133. The second kappa shape index (κ2) is 4.45. The van der Waals surface area contributed by atoms with Crippen LogP contribution in [0.1, 0.15) is 15.9 Å². The predicted molar refractivity (Wildman–Crippen MR) is 74.3 cm³/mol.